The summed E-state index contributed by atoms with van der Waals surface area (Å²) in [5.41, 5.74) is 7.30. The van der Waals surface area contributed by atoms with E-state index in [1.54, 1.807) is 0 Å². The Labute approximate surface area is 300 Å². The van der Waals surface area contributed by atoms with Crippen molar-refractivity contribution in [3.05, 3.63) is 72.3 Å². The number of aromatic nitrogens is 1. The van der Waals surface area contributed by atoms with E-state index in [2.05, 4.69) is 37.9 Å². The fourth-order valence-corrected chi connectivity index (χ4v) is 5.04. The number of carbonyl (C=O) groups excluding carboxylic acids is 1. The van der Waals surface area contributed by atoms with E-state index in [1.807, 2.05) is 68.4 Å². The standard InChI is InChI=1S/C18H35NO.C17H18NO4P.C4H10.C2H6/c1-2-3-4-5-6-7-8-9-10-11-12-13-14-15-16-17-18(19)20;19-23(20)21-11-3-4-13-7-9-15(10-8-13)22-17-12-14-5-1-2-6-16(14)18-17;1-3-4-2;1-2/h9-10H,2-8,11-17H2,1H3,(H2,19,20);1-2,5-10,12,18-20H,3-4,11H2;3-4H2,1-2H3;1-2H3/b10-9-;;;. The van der Waals surface area contributed by atoms with Gasteiger partial charge in [-0.3, -0.25) is 4.79 Å². The average molecular weight is 701 g/mol. The largest absolute Gasteiger partial charge is 0.441 e. The first-order chi connectivity index (χ1) is 23.9. The smallest absolute Gasteiger partial charge is 0.327 e. The van der Waals surface area contributed by atoms with Gasteiger partial charge in [0.05, 0.1) is 6.61 Å². The van der Waals surface area contributed by atoms with Gasteiger partial charge in [-0.05, 0) is 68.7 Å². The van der Waals surface area contributed by atoms with E-state index in [9.17, 15) is 4.79 Å². The van der Waals surface area contributed by atoms with Crippen molar-refractivity contribution in [2.45, 2.75) is 150 Å². The van der Waals surface area contributed by atoms with Crippen LogP contribution in [0.3, 0.4) is 0 Å². The number of primary amides is 1. The van der Waals surface area contributed by atoms with Crippen molar-refractivity contribution in [2.75, 3.05) is 6.61 Å². The summed E-state index contributed by atoms with van der Waals surface area (Å²) in [6.07, 6.45) is 26.1. The molecule has 0 fully saturated rings. The molecule has 0 saturated carbocycles. The molecule has 0 aliphatic heterocycles. The number of benzene rings is 2. The van der Waals surface area contributed by atoms with Crippen molar-refractivity contribution in [1.29, 1.82) is 0 Å². The van der Waals surface area contributed by atoms with Crippen LogP contribution in [-0.2, 0) is 15.7 Å². The lowest BCUT2D eigenvalue weighted by Crippen LogP contribution is -2.09. The first-order valence-corrected chi connectivity index (χ1v) is 20.1. The Morgan fingerprint density at radius 2 is 1.33 bits per heavy atom. The van der Waals surface area contributed by atoms with Crippen molar-refractivity contribution in [3.63, 3.8) is 0 Å². The van der Waals surface area contributed by atoms with Gasteiger partial charge in [-0.2, -0.15) is 0 Å². The minimum atomic E-state index is -2.25. The van der Waals surface area contributed by atoms with Crippen LogP contribution in [0.5, 0.6) is 11.6 Å². The molecule has 0 spiro atoms. The highest BCUT2D eigenvalue weighted by atomic mass is 31.2. The zero-order valence-electron chi connectivity index (χ0n) is 31.4. The third-order valence-electron chi connectivity index (χ3n) is 7.66. The molecule has 2 aromatic carbocycles. The Balaban J connectivity index is 0.000000818. The number of ether oxygens (including phenoxy) is 1. The van der Waals surface area contributed by atoms with E-state index < -0.39 is 8.60 Å². The van der Waals surface area contributed by atoms with Gasteiger partial charge in [-0.15, -0.1) is 0 Å². The molecule has 5 N–H and O–H groups in total. The molecule has 0 saturated heterocycles. The van der Waals surface area contributed by atoms with Crippen LogP contribution < -0.4 is 10.5 Å². The summed E-state index contributed by atoms with van der Waals surface area (Å²) < 4.78 is 10.6. The Morgan fingerprint density at radius 1 is 0.755 bits per heavy atom. The Morgan fingerprint density at radius 3 is 1.88 bits per heavy atom. The number of allylic oxidation sites excluding steroid dienone is 2. The first-order valence-electron chi connectivity index (χ1n) is 19.0. The molecule has 49 heavy (non-hydrogen) atoms. The fraction of sp³-hybridized carbons (Fsp3) is 0.585. The highest BCUT2D eigenvalue weighted by Gasteiger charge is 2.04. The Bertz CT molecular complexity index is 1150. The van der Waals surface area contributed by atoms with Gasteiger partial charge in [0, 0.05) is 23.4 Å². The van der Waals surface area contributed by atoms with Gasteiger partial charge in [0.25, 0.3) is 0 Å². The van der Waals surface area contributed by atoms with Crippen LogP contribution in [0.4, 0.5) is 0 Å². The van der Waals surface area contributed by atoms with Crippen LogP contribution in [0.1, 0.15) is 149 Å². The third-order valence-corrected chi connectivity index (χ3v) is 8.07. The first kappa shape index (κ1) is 46.3. The van der Waals surface area contributed by atoms with Crippen LogP contribution in [-0.4, -0.2) is 27.3 Å². The van der Waals surface area contributed by atoms with Gasteiger partial charge in [0.1, 0.15) is 5.75 Å². The molecular weight excluding hydrogens is 631 g/mol. The molecule has 0 radical (unpaired) electrons. The zero-order chi connectivity index (χ0) is 36.4. The predicted octanol–water partition coefficient (Wildman–Crippen LogP) is 12.5. The van der Waals surface area contributed by atoms with E-state index in [4.69, 9.17) is 24.8 Å². The Hall–Kier alpha value is -2.70. The average Bonchev–Trinajstić information content (AvgIpc) is 3.52. The van der Waals surface area contributed by atoms with E-state index in [0.717, 1.165) is 47.9 Å². The number of aryl methyl sites for hydroxylation is 1. The predicted molar refractivity (Wildman–Crippen MR) is 211 cm³/mol. The molecular formula is C41H69N2O5P. The molecule has 1 aromatic heterocycles. The maximum absolute atomic E-state index is 10.5. The molecule has 0 aliphatic rings. The van der Waals surface area contributed by atoms with E-state index in [0.29, 0.717) is 18.9 Å². The molecule has 0 unspecified atom stereocenters. The number of nitrogens with two attached hydrogens (primary N) is 1. The fourth-order valence-electron chi connectivity index (χ4n) is 4.75. The number of aromatic amines is 1. The molecule has 1 heterocycles. The summed E-state index contributed by atoms with van der Waals surface area (Å²) in [6.45, 7) is 11.0. The van der Waals surface area contributed by atoms with E-state index in [1.165, 1.54) is 83.5 Å². The summed E-state index contributed by atoms with van der Waals surface area (Å²) in [5.74, 6) is 1.32. The van der Waals surface area contributed by atoms with Gasteiger partial charge in [0.2, 0.25) is 5.91 Å². The van der Waals surface area contributed by atoms with Crippen molar-refractivity contribution >= 4 is 25.4 Å². The zero-order valence-corrected chi connectivity index (χ0v) is 32.3. The van der Waals surface area contributed by atoms with Crippen LogP contribution in [0, 0.1) is 0 Å². The maximum Gasteiger partial charge on any atom is 0.327 e. The molecule has 0 bridgehead atoms. The molecule has 7 nitrogen and oxygen atoms in total. The molecule has 3 aromatic rings. The number of amides is 1. The summed E-state index contributed by atoms with van der Waals surface area (Å²) >= 11 is 0. The third kappa shape index (κ3) is 27.8. The maximum atomic E-state index is 10.5. The number of hydrogen-bond donors (Lipinski definition) is 4. The van der Waals surface area contributed by atoms with Crippen LogP contribution >= 0.6 is 8.60 Å². The highest BCUT2D eigenvalue weighted by molar-refractivity contribution is 7.39. The van der Waals surface area contributed by atoms with Crippen LogP contribution in [0.15, 0.2) is 66.7 Å². The number of hydrogen-bond acceptors (Lipinski definition) is 5. The number of unbranched alkanes of at least 4 members (excludes halogenated alkanes) is 12. The topological polar surface area (TPSA) is 118 Å². The number of carbonyl (C=O) groups is 1. The second-order valence-electron chi connectivity index (χ2n) is 12.0. The summed E-state index contributed by atoms with van der Waals surface area (Å²) in [6, 6.07) is 17.8. The minimum absolute atomic E-state index is 0.164. The quantitative estimate of drug-likeness (QED) is 0.0446. The molecule has 0 aliphatic carbocycles. The number of para-hydroxylation sites is 1. The van der Waals surface area contributed by atoms with Crippen molar-refractivity contribution < 1.29 is 23.8 Å². The van der Waals surface area contributed by atoms with Gasteiger partial charge in [-0.25, -0.2) is 0 Å². The second kappa shape index (κ2) is 33.8. The van der Waals surface area contributed by atoms with Gasteiger partial charge < -0.3 is 29.8 Å². The number of rotatable bonds is 23. The molecule has 1 amide bonds. The lowest BCUT2D eigenvalue weighted by atomic mass is 10.1. The van der Waals surface area contributed by atoms with Crippen LogP contribution in [0.2, 0.25) is 0 Å². The Kier molecular flexibility index (Phi) is 31.9. The number of H-pyrrole nitrogens is 1. The SMILES string of the molecule is CC.CCCC.CCCCCCCC/C=C\CCCCCCCC(N)=O.OP(O)OCCCc1ccc(Oc2cc3ccccc3[nH]2)cc1. The minimum Gasteiger partial charge on any atom is -0.441 e. The lowest BCUT2D eigenvalue weighted by molar-refractivity contribution is -0.118. The molecule has 278 valence electrons. The van der Waals surface area contributed by atoms with Gasteiger partial charge in [-0.1, -0.05) is 141 Å². The summed E-state index contributed by atoms with van der Waals surface area (Å²) in [5, 5.41) is 1.12. The second-order valence-corrected chi connectivity index (χ2v) is 12.7. The highest BCUT2D eigenvalue weighted by Crippen LogP contribution is 2.26. The number of nitrogens with one attached hydrogen (secondary N) is 1. The van der Waals surface area contributed by atoms with Crippen molar-refractivity contribution in [1.82, 2.24) is 4.98 Å². The van der Waals surface area contributed by atoms with E-state index >= 15 is 0 Å². The lowest BCUT2D eigenvalue weighted by Gasteiger charge is -2.06. The van der Waals surface area contributed by atoms with Gasteiger partial charge >= 0.3 is 8.60 Å². The molecule has 0 atom stereocenters. The molecule has 3 rings (SSSR count). The van der Waals surface area contributed by atoms with Crippen molar-refractivity contribution in [2.24, 2.45) is 5.73 Å². The van der Waals surface area contributed by atoms with Crippen LogP contribution in [0.25, 0.3) is 10.9 Å². The van der Waals surface area contributed by atoms with Gasteiger partial charge in [0.15, 0.2) is 5.88 Å². The van der Waals surface area contributed by atoms with Crippen molar-refractivity contribution in [3.8, 4) is 11.6 Å². The normalized spacial score (nSPS) is 10.6. The summed E-state index contributed by atoms with van der Waals surface area (Å²) in [7, 11) is -2.25. The molecule has 8 heteroatoms. The monoisotopic (exact) mass is 700 g/mol. The summed E-state index contributed by atoms with van der Waals surface area (Å²) in [4.78, 5) is 31.1. The number of fused-ring (bicyclic) bond motifs is 1. The van der Waals surface area contributed by atoms with E-state index in [-0.39, 0.29) is 5.91 Å².